The number of anilines is 1. The zero-order valence-electron chi connectivity index (χ0n) is 20.9. The second kappa shape index (κ2) is 9.76. The van der Waals surface area contributed by atoms with Crippen LogP contribution in [-0.4, -0.2) is 63.7 Å². The molecular weight excluding hydrogens is 438 g/mol. The quantitative estimate of drug-likeness (QED) is 0.618. The van der Waals surface area contributed by atoms with Crippen LogP contribution in [0.1, 0.15) is 83.5 Å². The van der Waals surface area contributed by atoms with E-state index in [4.69, 9.17) is 0 Å². The molecule has 1 aromatic carbocycles. The number of rotatable bonds is 4. The molecule has 0 radical (unpaired) electrons. The molecule has 2 saturated carbocycles. The molecule has 7 atom stereocenters. The van der Waals surface area contributed by atoms with E-state index in [0.29, 0.717) is 25.0 Å². The summed E-state index contributed by atoms with van der Waals surface area (Å²) in [5, 5.41) is 9.75. The number of hydrogen-bond donors (Lipinski definition) is 1. The van der Waals surface area contributed by atoms with Crippen LogP contribution >= 0.6 is 0 Å². The van der Waals surface area contributed by atoms with Crippen molar-refractivity contribution in [3.05, 3.63) is 30.3 Å². The van der Waals surface area contributed by atoms with Crippen molar-refractivity contribution in [3.63, 3.8) is 0 Å². The van der Waals surface area contributed by atoms with Crippen LogP contribution in [0.4, 0.5) is 10.5 Å². The first kappa shape index (κ1) is 23.3. The average molecular weight is 480 g/mol. The maximum Gasteiger partial charge on any atom is 0.326 e. The number of hydrogen-bond acceptors (Lipinski definition) is 3. The predicted octanol–water partition coefficient (Wildman–Crippen LogP) is 5.52. The summed E-state index contributed by atoms with van der Waals surface area (Å²) < 4.78 is 0. The molecule has 3 aliphatic heterocycles. The Morgan fingerprint density at radius 1 is 0.771 bits per heavy atom. The summed E-state index contributed by atoms with van der Waals surface area (Å²) in [5.41, 5.74) is 0.914. The molecule has 4 bridgehead atoms. The van der Waals surface area contributed by atoms with E-state index < -0.39 is 12.0 Å². The van der Waals surface area contributed by atoms with Crippen molar-refractivity contribution in [2.75, 3.05) is 11.4 Å². The minimum absolute atomic E-state index is 0.107. The number of benzene rings is 1. The fourth-order valence-electron chi connectivity index (χ4n) is 8.59. The van der Waals surface area contributed by atoms with E-state index in [1.165, 1.54) is 57.8 Å². The molecule has 2 amide bonds. The lowest BCUT2D eigenvalue weighted by Crippen LogP contribution is -2.63. The van der Waals surface area contributed by atoms with Crippen LogP contribution in [0.25, 0.3) is 0 Å². The smallest absolute Gasteiger partial charge is 0.326 e. The monoisotopic (exact) mass is 479 g/mol. The number of piperidine rings is 2. The minimum atomic E-state index is -0.876. The van der Waals surface area contributed by atoms with Gasteiger partial charge in [0.1, 0.15) is 6.04 Å². The highest BCUT2D eigenvalue weighted by Crippen LogP contribution is 2.46. The second-order valence-corrected chi connectivity index (χ2v) is 12.0. The van der Waals surface area contributed by atoms with Gasteiger partial charge >= 0.3 is 12.0 Å². The van der Waals surface area contributed by atoms with E-state index in [2.05, 4.69) is 4.90 Å². The summed E-state index contributed by atoms with van der Waals surface area (Å²) in [6, 6.07) is 11.2. The largest absolute Gasteiger partial charge is 0.480 e. The zero-order chi connectivity index (χ0) is 23.9. The molecule has 35 heavy (non-hydrogen) atoms. The molecular formula is C29H41N3O3. The van der Waals surface area contributed by atoms with Gasteiger partial charge in [-0.05, 0) is 81.8 Å². The first-order valence-corrected chi connectivity index (χ1v) is 14.2. The SMILES string of the molecule is O=C(O)C1CCCN1C(=O)N(c1ccccc1)[C@H]1C[C@H]2CCC[C@@H](C1)N2[C@H]1C[C@@H]2CCC[C@@H](C2)C1. The van der Waals surface area contributed by atoms with Crippen molar-refractivity contribution >= 4 is 17.7 Å². The normalized spacial score (nSPS) is 37.1. The number of carboxylic acid groups (broad SMARTS) is 1. The average Bonchev–Trinajstić information content (AvgIpc) is 3.35. The third-order valence-electron chi connectivity index (χ3n) is 9.92. The Balaban J connectivity index is 1.26. The minimum Gasteiger partial charge on any atom is -0.480 e. The third kappa shape index (κ3) is 4.47. The molecule has 3 heterocycles. The van der Waals surface area contributed by atoms with Crippen LogP contribution in [-0.2, 0) is 4.79 Å². The Bertz CT molecular complexity index is 897. The van der Waals surface area contributed by atoms with E-state index in [1.54, 1.807) is 4.90 Å². The van der Waals surface area contributed by atoms with Crippen molar-refractivity contribution in [3.8, 4) is 0 Å². The fourth-order valence-corrected chi connectivity index (χ4v) is 8.59. The molecule has 1 N–H and O–H groups in total. The fraction of sp³-hybridized carbons (Fsp3) is 0.724. The third-order valence-corrected chi connectivity index (χ3v) is 9.92. The van der Waals surface area contributed by atoms with Gasteiger partial charge < -0.3 is 10.0 Å². The predicted molar refractivity (Wildman–Crippen MR) is 136 cm³/mol. The lowest BCUT2D eigenvalue weighted by atomic mass is 9.68. The molecule has 6 rings (SSSR count). The lowest BCUT2D eigenvalue weighted by molar-refractivity contribution is -0.141. The van der Waals surface area contributed by atoms with Crippen molar-refractivity contribution in [1.29, 1.82) is 0 Å². The van der Waals surface area contributed by atoms with E-state index >= 15 is 0 Å². The van der Waals surface area contributed by atoms with Crippen molar-refractivity contribution in [1.82, 2.24) is 9.80 Å². The lowest BCUT2D eigenvalue weighted by Gasteiger charge is -2.56. The summed E-state index contributed by atoms with van der Waals surface area (Å²) in [5.74, 6) is 0.978. The number of likely N-dealkylation sites (tertiary alicyclic amines) is 1. The van der Waals surface area contributed by atoms with E-state index in [0.717, 1.165) is 42.8 Å². The van der Waals surface area contributed by atoms with E-state index in [9.17, 15) is 14.7 Å². The molecule has 0 aromatic heterocycles. The summed E-state index contributed by atoms with van der Waals surface area (Å²) in [6.45, 7) is 0.537. The standard InChI is InChI=1S/C29H41N3O3/c33-28(34)27-13-6-14-30(27)29(35)32(22-9-2-1-3-10-22)26-18-23-11-5-12-24(19-26)31(23)25-16-20-7-4-8-21(15-20)17-25/h1-3,9-10,20-21,23-27H,4-8,11-19H2,(H,33,34)/t20-,21+,23-,24+,25+,26+,27?. The molecule has 190 valence electrons. The van der Waals surface area contributed by atoms with Crippen LogP contribution < -0.4 is 4.90 Å². The van der Waals surface area contributed by atoms with Crippen LogP contribution in [0.3, 0.4) is 0 Å². The van der Waals surface area contributed by atoms with Gasteiger partial charge in [0.15, 0.2) is 0 Å². The first-order chi connectivity index (χ1) is 17.1. The summed E-state index contributed by atoms with van der Waals surface area (Å²) in [6.07, 6.45) is 15.6. The van der Waals surface area contributed by atoms with Gasteiger partial charge in [0.05, 0.1) is 0 Å². The maximum atomic E-state index is 14.0. The highest BCUT2D eigenvalue weighted by atomic mass is 16.4. The van der Waals surface area contributed by atoms with Gasteiger partial charge in [0.2, 0.25) is 0 Å². The van der Waals surface area contributed by atoms with Crippen molar-refractivity contribution in [2.45, 2.75) is 114 Å². The van der Waals surface area contributed by atoms with Gasteiger partial charge in [-0.15, -0.1) is 0 Å². The highest BCUT2D eigenvalue weighted by molar-refractivity contribution is 5.95. The van der Waals surface area contributed by atoms with Crippen molar-refractivity contribution < 1.29 is 14.7 Å². The molecule has 3 saturated heterocycles. The van der Waals surface area contributed by atoms with Gasteiger partial charge in [-0.2, -0.15) is 0 Å². The maximum absolute atomic E-state index is 14.0. The van der Waals surface area contributed by atoms with Crippen molar-refractivity contribution in [2.24, 2.45) is 11.8 Å². The van der Waals surface area contributed by atoms with Gasteiger partial charge in [0.25, 0.3) is 0 Å². The van der Waals surface area contributed by atoms with Gasteiger partial charge in [-0.3, -0.25) is 9.80 Å². The molecule has 0 spiro atoms. The summed E-state index contributed by atoms with van der Waals surface area (Å²) in [7, 11) is 0. The van der Waals surface area contributed by atoms with Crippen LogP contribution in [0.15, 0.2) is 30.3 Å². The van der Waals surface area contributed by atoms with E-state index in [1.807, 2.05) is 35.2 Å². The van der Waals surface area contributed by atoms with Crippen LogP contribution in [0.5, 0.6) is 0 Å². The second-order valence-electron chi connectivity index (χ2n) is 12.0. The Morgan fingerprint density at radius 3 is 2.09 bits per heavy atom. The number of aliphatic carboxylic acids is 1. The van der Waals surface area contributed by atoms with Crippen LogP contribution in [0.2, 0.25) is 0 Å². The highest BCUT2D eigenvalue weighted by Gasteiger charge is 2.48. The number of carbonyl (C=O) groups excluding carboxylic acids is 1. The number of para-hydroxylation sites is 1. The zero-order valence-corrected chi connectivity index (χ0v) is 20.9. The van der Waals surface area contributed by atoms with Gasteiger partial charge in [-0.25, -0.2) is 9.59 Å². The van der Waals surface area contributed by atoms with Gasteiger partial charge in [0, 0.05) is 36.4 Å². The first-order valence-electron chi connectivity index (χ1n) is 14.2. The Kier molecular flexibility index (Phi) is 6.50. The Morgan fingerprint density at radius 2 is 1.43 bits per heavy atom. The molecule has 1 unspecified atom stereocenters. The molecule has 5 aliphatic rings. The Hall–Kier alpha value is -2.08. The van der Waals surface area contributed by atoms with E-state index in [-0.39, 0.29) is 12.1 Å². The molecule has 6 nitrogen and oxygen atoms in total. The molecule has 6 heteroatoms. The number of amides is 2. The number of nitrogens with zero attached hydrogens (tertiary/aromatic N) is 3. The van der Waals surface area contributed by atoms with Gasteiger partial charge in [-0.1, -0.05) is 43.9 Å². The number of carbonyl (C=O) groups is 2. The topological polar surface area (TPSA) is 64.1 Å². The number of carboxylic acids is 1. The number of fused-ring (bicyclic) bond motifs is 4. The summed E-state index contributed by atoms with van der Waals surface area (Å²) in [4.78, 5) is 32.4. The number of urea groups is 1. The molecule has 1 aromatic rings. The van der Waals surface area contributed by atoms with Crippen LogP contribution in [0, 0.1) is 11.8 Å². The molecule has 2 aliphatic carbocycles. The summed E-state index contributed by atoms with van der Waals surface area (Å²) >= 11 is 0. The Labute approximate surface area is 209 Å². The molecule has 5 fully saturated rings.